The third-order valence-electron chi connectivity index (χ3n) is 1.99. The van der Waals surface area contributed by atoms with Crippen LogP contribution in [0.1, 0.15) is 11.6 Å². The Kier molecular flexibility index (Phi) is 1.96. The van der Waals surface area contributed by atoms with Crippen molar-refractivity contribution >= 4 is 5.82 Å². The van der Waals surface area contributed by atoms with Gasteiger partial charge in [-0.2, -0.15) is 0 Å². The van der Waals surface area contributed by atoms with Crippen molar-refractivity contribution in [2.24, 2.45) is 0 Å². The van der Waals surface area contributed by atoms with Crippen molar-refractivity contribution in [3.05, 3.63) is 29.9 Å². The lowest BCUT2D eigenvalue weighted by atomic mass is 10.2. The van der Waals surface area contributed by atoms with Crippen LogP contribution in [0.2, 0.25) is 0 Å². The van der Waals surface area contributed by atoms with Gasteiger partial charge in [0.05, 0.1) is 11.3 Å². The van der Waals surface area contributed by atoms with Crippen molar-refractivity contribution in [2.45, 2.75) is 13.8 Å². The van der Waals surface area contributed by atoms with Crippen molar-refractivity contribution < 1.29 is 4.42 Å². The fourth-order valence-electron chi connectivity index (χ4n) is 1.39. The van der Waals surface area contributed by atoms with Gasteiger partial charge in [0.1, 0.15) is 5.82 Å². The third-order valence-corrected chi connectivity index (χ3v) is 1.99. The van der Waals surface area contributed by atoms with E-state index in [-0.39, 0.29) is 0 Å². The molecule has 0 aromatic carbocycles. The molecular formula is C10H11N3O. The van der Waals surface area contributed by atoms with E-state index >= 15 is 0 Å². The molecule has 0 spiro atoms. The van der Waals surface area contributed by atoms with Gasteiger partial charge in [0, 0.05) is 13.1 Å². The molecule has 0 aliphatic rings. The van der Waals surface area contributed by atoms with E-state index in [4.69, 9.17) is 10.2 Å². The van der Waals surface area contributed by atoms with Crippen LogP contribution >= 0.6 is 0 Å². The van der Waals surface area contributed by atoms with Gasteiger partial charge in [-0.05, 0) is 19.1 Å². The van der Waals surface area contributed by atoms with Crippen LogP contribution in [-0.4, -0.2) is 9.97 Å². The number of oxazole rings is 1. The van der Waals surface area contributed by atoms with Crippen molar-refractivity contribution in [1.29, 1.82) is 0 Å². The molecule has 2 N–H and O–H groups in total. The summed E-state index contributed by atoms with van der Waals surface area (Å²) in [6, 6.07) is 3.69. The molecule has 0 aliphatic heterocycles. The molecule has 0 aliphatic carbocycles. The quantitative estimate of drug-likeness (QED) is 0.744. The minimum Gasteiger partial charge on any atom is -0.441 e. The molecule has 0 unspecified atom stereocenters. The van der Waals surface area contributed by atoms with E-state index in [1.807, 2.05) is 26.0 Å². The van der Waals surface area contributed by atoms with Gasteiger partial charge < -0.3 is 10.2 Å². The maximum atomic E-state index is 5.73. The molecule has 2 aromatic rings. The summed E-state index contributed by atoms with van der Waals surface area (Å²) in [4.78, 5) is 8.17. The molecule has 2 rings (SSSR count). The van der Waals surface area contributed by atoms with E-state index < -0.39 is 0 Å². The average molecular weight is 189 g/mol. The number of aryl methyl sites for hydroxylation is 2. The first kappa shape index (κ1) is 8.74. The second kappa shape index (κ2) is 3.14. The lowest BCUT2D eigenvalue weighted by Crippen LogP contribution is -1.92. The molecule has 0 amide bonds. The Balaban J connectivity index is 2.60. The van der Waals surface area contributed by atoms with E-state index in [0.717, 1.165) is 11.3 Å². The second-order valence-electron chi connectivity index (χ2n) is 3.08. The fraction of sp³-hybridized carbons (Fsp3) is 0.200. The zero-order valence-electron chi connectivity index (χ0n) is 8.11. The monoisotopic (exact) mass is 189 g/mol. The molecule has 2 aromatic heterocycles. The Morgan fingerprint density at radius 2 is 2.14 bits per heavy atom. The number of anilines is 1. The summed E-state index contributed by atoms with van der Waals surface area (Å²) < 4.78 is 5.45. The number of pyridine rings is 1. The maximum Gasteiger partial charge on any atom is 0.192 e. The van der Waals surface area contributed by atoms with Crippen LogP contribution in [0.4, 0.5) is 5.82 Å². The molecule has 72 valence electrons. The van der Waals surface area contributed by atoms with Crippen molar-refractivity contribution in [3.63, 3.8) is 0 Å². The van der Waals surface area contributed by atoms with E-state index in [1.54, 1.807) is 6.20 Å². The topological polar surface area (TPSA) is 64.9 Å². The highest BCUT2D eigenvalue weighted by molar-refractivity contribution is 5.70. The first-order valence-corrected chi connectivity index (χ1v) is 4.33. The average Bonchev–Trinajstić information content (AvgIpc) is 2.46. The Labute approximate surface area is 81.8 Å². The predicted octanol–water partition coefficient (Wildman–Crippen LogP) is 1.94. The largest absolute Gasteiger partial charge is 0.441 e. The van der Waals surface area contributed by atoms with Gasteiger partial charge in [-0.25, -0.2) is 9.97 Å². The Morgan fingerprint density at radius 3 is 2.71 bits per heavy atom. The highest BCUT2D eigenvalue weighted by atomic mass is 16.4. The minimum absolute atomic E-state index is 0.465. The summed E-state index contributed by atoms with van der Waals surface area (Å²) in [5, 5.41) is 0. The lowest BCUT2D eigenvalue weighted by Gasteiger charge is -2.00. The fourth-order valence-corrected chi connectivity index (χ4v) is 1.39. The van der Waals surface area contributed by atoms with Gasteiger partial charge in [-0.15, -0.1) is 0 Å². The number of nitrogen functional groups attached to an aromatic ring is 1. The molecule has 0 saturated carbocycles. The maximum absolute atomic E-state index is 5.73. The minimum atomic E-state index is 0.465. The SMILES string of the molecule is Cc1nc(C)c(-c2cccnc2N)o1. The highest BCUT2D eigenvalue weighted by Crippen LogP contribution is 2.27. The number of rotatable bonds is 1. The summed E-state index contributed by atoms with van der Waals surface area (Å²) in [5.41, 5.74) is 7.36. The first-order chi connectivity index (χ1) is 6.68. The molecule has 4 nitrogen and oxygen atoms in total. The molecule has 2 heterocycles. The molecule has 14 heavy (non-hydrogen) atoms. The Hall–Kier alpha value is -1.84. The number of hydrogen-bond acceptors (Lipinski definition) is 4. The molecule has 0 fully saturated rings. The summed E-state index contributed by atoms with van der Waals surface area (Å²) in [7, 11) is 0. The predicted molar refractivity (Wildman–Crippen MR) is 53.6 cm³/mol. The summed E-state index contributed by atoms with van der Waals surface area (Å²) in [5.74, 6) is 1.81. The smallest absolute Gasteiger partial charge is 0.192 e. The van der Waals surface area contributed by atoms with Gasteiger partial charge in [0.15, 0.2) is 11.7 Å². The van der Waals surface area contributed by atoms with Crippen LogP contribution in [-0.2, 0) is 0 Å². The van der Waals surface area contributed by atoms with Crippen LogP contribution in [0.5, 0.6) is 0 Å². The van der Waals surface area contributed by atoms with E-state index in [9.17, 15) is 0 Å². The van der Waals surface area contributed by atoms with Gasteiger partial charge in [0.2, 0.25) is 0 Å². The lowest BCUT2D eigenvalue weighted by molar-refractivity contribution is 0.534. The number of hydrogen-bond donors (Lipinski definition) is 1. The zero-order chi connectivity index (χ0) is 10.1. The van der Waals surface area contributed by atoms with Crippen molar-refractivity contribution in [1.82, 2.24) is 9.97 Å². The first-order valence-electron chi connectivity index (χ1n) is 4.33. The van der Waals surface area contributed by atoms with Crippen molar-refractivity contribution in [2.75, 3.05) is 5.73 Å². The van der Waals surface area contributed by atoms with E-state index in [2.05, 4.69) is 9.97 Å². The summed E-state index contributed by atoms with van der Waals surface area (Å²) in [6.45, 7) is 3.70. The standard InChI is InChI=1S/C10H11N3O/c1-6-9(14-7(2)13-6)8-4-3-5-12-10(8)11/h3-5H,1-2H3,(H2,11,12). The van der Waals surface area contributed by atoms with Gasteiger partial charge in [-0.3, -0.25) is 0 Å². The second-order valence-corrected chi connectivity index (χ2v) is 3.08. The van der Waals surface area contributed by atoms with E-state index in [1.165, 1.54) is 0 Å². The molecule has 0 radical (unpaired) electrons. The third kappa shape index (κ3) is 1.35. The Bertz CT molecular complexity index is 462. The molecule has 4 heteroatoms. The van der Waals surface area contributed by atoms with Gasteiger partial charge in [0.25, 0.3) is 0 Å². The van der Waals surface area contributed by atoms with Crippen LogP contribution in [0.25, 0.3) is 11.3 Å². The van der Waals surface area contributed by atoms with Crippen LogP contribution in [0.3, 0.4) is 0 Å². The zero-order valence-corrected chi connectivity index (χ0v) is 8.11. The van der Waals surface area contributed by atoms with E-state index in [0.29, 0.717) is 17.5 Å². The normalized spacial score (nSPS) is 10.4. The van der Waals surface area contributed by atoms with Crippen molar-refractivity contribution in [3.8, 4) is 11.3 Å². The summed E-state index contributed by atoms with van der Waals surface area (Å²) in [6.07, 6.45) is 1.65. The Morgan fingerprint density at radius 1 is 1.36 bits per heavy atom. The highest BCUT2D eigenvalue weighted by Gasteiger charge is 2.11. The van der Waals surface area contributed by atoms with Crippen LogP contribution < -0.4 is 5.73 Å². The molecule has 0 atom stereocenters. The number of nitrogens with two attached hydrogens (primary N) is 1. The number of nitrogens with zero attached hydrogens (tertiary/aromatic N) is 2. The summed E-state index contributed by atoms with van der Waals surface area (Å²) >= 11 is 0. The van der Waals surface area contributed by atoms with Gasteiger partial charge in [-0.1, -0.05) is 0 Å². The van der Waals surface area contributed by atoms with Crippen LogP contribution in [0.15, 0.2) is 22.7 Å². The number of aromatic nitrogens is 2. The molecule has 0 bridgehead atoms. The molecular weight excluding hydrogens is 178 g/mol. The molecule has 0 saturated heterocycles. The van der Waals surface area contributed by atoms with Gasteiger partial charge >= 0.3 is 0 Å². The van der Waals surface area contributed by atoms with Crippen LogP contribution in [0, 0.1) is 13.8 Å².